The van der Waals surface area contributed by atoms with Crippen LogP contribution >= 0.6 is 0 Å². The van der Waals surface area contributed by atoms with E-state index in [4.69, 9.17) is 18.9 Å². The fourth-order valence-electron chi connectivity index (χ4n) is 11.4. The number of hydrogen-bond acceptors (Lipinski definition) is 9. The number of likely N-dealkylation sites (tertiary alicyclic amines) is 1. The van der Waals surface area contributed by atoms with E-state index in [1.165, 1.54) is 0 Å². The minimum atomic E-state index is -1.52. The van der Waals surface area contributed by atoms with Crippen LogP contribution in [0.2, 0.25) is 0 Å². The number of carbonyl (C=O) groups is 2. The van der Waals surface area contributed by atoms with Crippen molar-refractivity contribution in [1.29, 1.82) is 0 Å². The van der Waals surface area contributed by atoms with Gasteiger partial charge in [-0.25, -0.2) is 4.79 Å². The van der Waals surface area contributed by atoms with Crippen molar-refractivity contribution < 1.29 is 38.7 Å². The predicted octanol–water partition coefficient (Wildman–Crippen LogP) is 4.63. The van der Waals surface area contributed by atoms with Crippen molar-refractivity contribution in [2.75, 3.05) is 34.4 Å². The fraction of sp³-hybridized carbons (Fsp3) is 0.650. The van der Waals surface area contributed by atoms with Gasteiger partial charge >= 0.3 is 5.97 Å². The molecule has 7 rings (SSSR count). The van der Waals surface area contributed by atoms with Crippen LogP contribution in [0.3, 0.4) is 0 Å². The molecule has 9 nitrogen and oxygen atoms in total. The number of hydrogen-bond donors (Lipinski definition) is 2. The first-order chi connectivity index (χ1) is 23.5. The van der Waals surface area contributed by atoms with Crippen molar-refractivity contribution in [1.82, 2.24) is 4.90 Å². The number of aryl methyl sites for hydroxylation is 1. The highest BCUT2D eigenvalue weighted by Gasteiger charge is 2.78. The molecule has 0 spiro atoms. The molecular weight excluding hydrogens is 622 g/mol. The number of benzene rings is 2. The molecule has 4 bridgehead atoms. The summed E-state index contributed by atoms with van der Waals surface area (Å²) in [5.41, 5.74) is -1.19. The van der Waals surface area contributed by atoms with Gasteiger partial charge in [-0.2, -0.15) is 0 Å². The second-order valence-electron chi connectivity index (χ2n) is 15.6. The topological polar surface area (TPSA) is 115 Å². The van der Waals surface area contributed by atoms with Crippen molar-refractivity contribution >= 4 is 11.8 Å². The van der Waals surface area contributed by atoms with E-state index in [2.05, 4.69) is 18.7 Å². The van der Waals surface area contributed by atoms with Crippen LogP contribution in [0.15, 0.2) is 48.5 Å². The third-order valence-electron chi connectivity index (χ3n) is 13.8. The van der Waals surface area contributed by atoms with Gasteiger partial charge in [0.05, 0.1) is 23.9 Å². The molecule has 1 aliphatic heterocycles. The molecule has 2 aromatic carbocycles. The standard InChI is InChI=1S/C40H53NO8/c1-7-41-22-38(49-37(43)27-11-9-8-10-26(27)18-32(42)25-14-12-23(2)13-15-25)17-16-33(46-4)35-30(38)20-29(24(41)3)39(44)21-34(47-5)28-19-31(35)40(39,45)36(28)48-6/h8-15,24,28-31,33-36,44-45H,7,16-22H2,1-6H3/t24-,28+,29-,30?,31?,33-,34?,35?,36-,38+,39-,40-/m0/s1. The summed E-state index contributed by atoms with van der Waals surface area (Å²) in [6.45, 7) is 7.43. The average Bonchev–Trinajstić information content (AvgIpc) is 3.22. The maximum atomic E-state index is 14.5. The van der Waals surface area contributed by atoms with Crippen molar-refractivity contribution in [2.45, 2.75) is 100 Å². The van der Waals surface area contributed by atoms with Crippen molar-refractivity contribution in [2.24, 2.45) is 29.6 Å². The Hall–Kier alpha value is -2.66. The van der Waals surface area contributed by atoms with Gasteiger partial charge in [-0.3, -0.25) is 9.69 Å². The molecule has 9 heteroatoms. The van der Waals surface area contributed by atoms with Crippen LogP contribution in [-0.2, 0) is 25.4 Å². The molecule has 0 aromatic heterocycles. The summed E-state index contributed by atoms with van der Waals surface area (Å²) in [5.74, 6) is -1.63. The first kappa shape index (κ1) is 34.8. The molecule has 0 amide bonds. The quantitative estimate of drug-likeness (QED) is 0.290. The summed E-state index contributed by atoms with van der Waals surface area (Å²) >= 11 is 0. The minimum absolute atomic E-state index is 0.0583. The third kappa shape index (κ3) is 5.17. The predicted molar refractivity (Wildman–Crippen MR) is 183 cm³/mol. The number of ketones is 1. The van der Waals surface area contributed by atoms with Gasteiger partial charge in [0.25, 0.3) is 0 Å². The monoisotopic (exact) mass is 675 g/mol. The van der Waals surface area contributed by atoms with Crippen LogP contribution in [0, 0.1) is 36.5 Å². The summed E-state index contributed by atoms with van der Waals surface area (Å²) in [4.78, 5) is 30.2. The zero-order chi connectivity index (χ0) is 34.9. The van der Waals surface area contributed by atoms with Crippen molar-refractivity contribution in [3.63, 3.8) is 0 Å². The van der Waals surface area contributed by atoms with Gasteiger partial charge in [0.1, 0.15) is 16.8 Å². The highest BCUT2D eigenvalue weighted by atomic mass is 16.6. The van der Waals surface area contributed by atoms with Crippen LogP contribution in [0.25, 0.3) is 0 Å². The van der Waals surface area contributed by atoms with Crippen LogP contribution in [0.1, 0.15) is 77.8 Å². The lowest BCUT2D eigenvalue weighted by molar-refractivity contribution is -0.283. The first-order valence-corrected chi connectivity index (χ1v) is 18.1. The summed E-state index contributed by atoms with van der Waals surface area (Å²) in [7, 11) is 5.05. The lowest BCUT2D eigenvalue weighted by Crippen LogP contribution is -2.73. The van der Waals surface area contributed by atoms with Gasteiger partial charge in [-0.1, -0.05) is 55.0 Å². The van der Waals surface area contributed by atoms with Gasteiger partial charge in [0.15, 0.2) is 5.78 Å². The lowest BCUT2D eigenvalue weighted by atomic mass is 9.59. The Kier molecular flexibility index (Phi) is 9.11. The first-order valence-electron chi connectivity index (χ1n) is 18.1. The number of aliphatic hydroxyl groups is 2. The second-order valence-corrected chi connectivity index (χ2v) is 15.6. The van der Waals surface area contributed by atoms with E-state index in [1.54, 1.807) is 27.4 Å². The summed E-state index contributed by atoms with van der Waals surface area (Å²) < 4.78 is 25.3. The molecule has 12 atom stereocenters. The smallest absolute Gasteiger partial charge is 0.339 e. The SMILES string of the molecule is CCN1C[C@]2(OC(=O)c3ccccc3CC(=O)c3ccc(C)cc3)CC[C@H](OC)C3C2C[C@@H]([C@@H]1C)[C@@]1(O)CC(OC)[C@H]2CC3[C@]1(O)[C@H]2OC. The Labute approximate surface area is 290 Å². The van der Waals surface area contributed by atoms with E-state index in [-0.39, 0.29) is 60.0 Å². The van der Waals surface area contributed by atoms with E-state index >= 15 is 0 Å². The van der Waals surface area contributed by atoms with Crippen LogP contribution in [0.4, 0.5) is 0 Å². The molecule has 1 heterocycles. The summed E-state index contributed by atoms with van der Waals surface area (Å²) in [5, 5.41) is 26.2. The Balaban J connectivity index is 1.30. The van der Waals surface area contributed by atoms with Gasteiger partial charge in [0.2, 0.25) is 0 Å². The van der Waals surface area contributed by atoms with E-state index in [1.807, 2.05) is 49.4 Å². The number of nitrogens with zero attached hydrogens (tertiary/aromatic N) is 1. The highest BCUT2D eigenvalue weighted by Crippen LogP contribution is 2.67. The molecule has 4 saturated carbocycles. The van der Waals surface area contributed by atoms with Gasteiger partial charge in [0, 0.05) is 70.1 Å². The fourth-order valence-corrected chi connectivity index (χ4v) is 11.4. The molecule has 2 aromatic rings. The molecule has 2 N–H and O–H groups in total. The van der Waals surface area contributed by atoms with E-state index in [9.17, 15) is 19.8 Å². The number of likely N-dealkylation sites (N-methyl/N-ethyl adjacent to an activating group) is 1. The minimum Gasteiger partial charge on any atom is -0.454 e. The Morgan fingerprint density at radius 2 is 1.63 bits per heavy atom. The summed E-state index contributed by atoms with van der Waals surface area (Å²) in [6, 6.07) is 14.6. The number of carbonyl (C=O) groups excluding carboxylic acids is 2. The van der Waals surface area contributed by atoms with Crippen molar-refractivity contribution in [3.8, 4) is 0 Å². The largest absolute Gasteiger partial charge is 0.454 e. The highest BCUT2D eigenvalue weighted by molar-refractivity contribution is 6.00. The zero-order valence-corrected chi connectivity index (χ0v) is 29.8. The Morgan fingerprint density at radius 1 is 0.918 bits per heavy atom. The molecule has 5 fully saturated rings. The number of rotatable bonds is 9. The zero-order valence-electron chi connectivity index (χ0n) is 29.8. The second kappa shape index (κ2) is 12.8. The molecular formula is C40H53NO8. The Morgan fingerprint density at radius 3 is 2.31 bits per heavy atom. The maximum absolute atomic E-state index is 14.5. The number of Topliss-reactive ketones (excluding diaryl/α,β-unsaturated/α-hetero) is 1. The molecule has 5 aliphatic rings. The molecule has 49 heavy (non-hydrogen) atoms. The molecule has 266 valence electrons. The number of methoxy groups -OCH3 is 3. The van der Waals surface area contributed by atoms with Gasteiger partial charge in [-0.15, -0.1) is 0 Å². The molecule has 0 radical (unpaired) electrons. The van der Waals surface area contributed by atoms with E-state index in [0.717, 1.165) is 5.56 Å². The number of fused-ring (bicyclic) bond motifs is 4. The van der Waals surface area contributed by atoms with Gasteiger partial charge in [-0.05, 0) is 69.5 Å². The van der Waals surface area contributed by atoms with Crippen molar-refractivity contribution in [3.05, 3.63) is 70.8 Å². The maximum Gasteiger partial charge on any atom is 0.339 e. The van der Waals surface area contributed by atoms with Crippen LogP contribution in [0.5, 0.6) is 0 Å². The molecule has 1 saturated heterocycles. The number of ether oxygens (including phenoxy) is 4. The third-order valence-corrected chi connectivity index (χ3v) is 13.8. The summed E-state index contributed by atoms with van der Waals surface area (Å²) in [6.07, 6.45) is 1.80. The average molecular weight is 676 g/mol. The van der Waals surface area contributed by atoms with Crippen LogP contribution < -0.4 is 0 Å². The number of esters is 1. The van der Waals surface area contributed by atoms with Gasteiger partial charge < -0.3 is 29.2 Å². The molecule has 4 aliphatic carbocycles. The van der Waals surface area contributed by atoms with Crippen LogP contribution in [-0.4, -0.2) is 102 Å². The van der Waals surface area contributed by atoms with E-state index in [0.29, 0.717) is 61.9 Å². The lowest BCUT2D eigenvalue weighted by Gasteiger charge is -2.58. The normalized spacial score (nSPS) is 41.1. The van der Waals surface area contributed by atoms with E-state index < -0.39 is 28.9 Å². The Bertz CT molecular complexity index is 1560. The molecule has 4 unspecified atom stereocenters.